The maximum atomic E-state index is 11.6. The van der Waals surface area contributed by atoms with Gasteiger partial charge >= 0.3 is 6.03 Å². The number of halogens is 1. The summed E-state index contributed by atoms with van der Waals surface area (Å²) in [6.07, 6.45) is 3.34. The Kier molecular flexibility index (Phi) is 4.31. The quantitative estimate of drug-likeness (QED) is 0.882. The molecular weight excluding hydrogens is 252 g/mol. The van der Waals surface area contributed by atoms with Crippen LogP contribution in [-0.2, 0) is 6.54 Å². The normalized spacial score (nSPS) is 14.8. The number of methoxy groups -OCH3 is 1. The molecule has 0 heterocycles. The van der Waals surface area contributed by atoms with Crippen molar-refractivity contribution < 1.29 is 9.53 Å². The van der Waals surface area contributed by atoms with Crippen LogP contribution in [0.5, 0.6) is 5.75 Å². The number of hydrogen-bond donors (Lipinski definition) is 2. The molecule has 1 fully saturated rings. The van der Waals surface area contributed by atoms with Crippen molar-refractivity contribution in [1.29, 1.82) is 0 Å². The number of rotatable bonds is 4. The van der Waals surface area contributed by atoms with Gasteiger partial charge in [0.05, 0.1) is 7.11 Å². The third-order valence-corrected chi connectivity index (χ3v) is 3.52. The fourth-order valence-electron chi connectivity index (χ4n) is 1.86. The number of hydrogen-bond acceptors (Lipinski definition) is 2. The van der Waals surface area contributed by atoms with Crippen molar-refractivity contribution in [2.45, 2.75) is 31.8 Å². The molecule has 5 heteroatoms. The fourth-order valence-corrected chi connectivity index (χ4v) is 2.09. The van der Waals surface area contributed by atoms with Crippen LogP contribution in [0, 0.1) is 0 Å². The van der Waals surface area contributed by atoms with Gasteiger partial charge in [-0.15, -0.1) is 0 Å². The predicted molar refractivity (Wildman–Crippen MR) is 71.0 cm³/mol. The van der Waals surface area contributed by atoms with Gasteiger partial charge in [0.2, 0.25) is 0 Å². The number of amides is 2. The highest BCUT2D eigenvalue weighted by Crippen LogP contribution is 2.25. The topological polar surface area (TPSA) is 50.4 Å². The number of carbonyl (C=O) groups is 1. The van der Waals surface area contributed by atoms with E-state index in [9.17, 15) is 4.79 Å². The smallest absolute Gasteiger partial charge is 0.315 e. The van der Waals surface area contributed by atoms with Crippen molar-refractivity contribution in [1.82, 2.24) is 10.6 Å². The molecule has 0 aliphatic heterocycles. The number of benzene rings is 1. The summed E-state index contributed by atoms with van der Waals surface area (Å²) in [6.45, 7) is 0.363. The molecule has 0 spiro atoms. The Balaban J connectivity index is 1.90. The average Bonchev–Trinajstić information content (AvgIpc) is 2.32. The van der Waals surface area contributed by atoms with Gasteiger partial charge in [-0.05, 0) is 31.4 Å². The van der Waals surface area contributed by atoms with Crippen LogP contribution < -0.4 is 15.4 Å². The summed E-state index contributed by atoms with van der Waals surface area (Å²) in [4.78, 5) is 11.6. The zero-order valence-electron chi connectivity index (χ0n) is 10.3. The lowest BCUT2D eigenvalue weighted by Crippen LogP contribution is -2.44. The molecule has 2 rings (SSSR count). The van der Waals surface area contributed by atoms with E-state index in [0.717, 1.165) is 18.4 Å². The Hall–Kier alpha value is -1.42. The molecule has 98 valence electrons. The Morgan fingerprint density at radius 3 is 2.89 bits per heavy atom. The van der Waals surface area contributed by atoms with Crippen LogP contribution in [0.25, 0.3) is 0 Å². The first-order valence-electron chi connectivity index (χ1n) is 6.06. The van der Waals surface area contributed by atoms with E-state index in [2.05, 4.69) is 10.6 Å². The summed E-state index contributed by atoms with van der Waals surface area (Å²) in [7, 11) is 1.59. The minimum absolute atomic E-state index is 0.151. The van der Waals surface area contributed by atoms with Crippen LogP contribution in [0.4, 0.5) is 4.79 Å². The molecule has 18 heavy (non-hydrogen) atoms. The van der Waals surface area contributed by atoms with E-state index in [1.54, 1.807) is 13.2 Å². The first-order valence-corrected chi connectivity index (χ1v) is 6.44. The number of ether oxygens (including phenoxy) is 1. The molecule has 1 saturated carbocycles. The second kappa shape index (κ2) is 5.96. The van der Waals surface area contributed by atoms with Gasteiger partial charge in [0.1, 0.15) is 5.75 Å². The van der Waals surface area contributed by atoms with Gasteiger partial charge in [0, 0.05) is 23.2 Å². The Morgan fingerprint density at radius 1 is 1.50 bits per heavy atom. The maximum Gasteiger partial charge on any atom is 0.315 e. The molecule has 2 N–H and O–H groups in total. The van der Waals surface area contributed by atoms with Gasteiger partial charge in [-0.1, -0.05) is 17.7 Å². The molecule has 0 unspecified atom stereocenters. The van der Waals surface area contributed by atoms with Crippen molar-refractivity contribution in [3.05, 3.63) is 28.8 Å². The van der Waals surface area contributed by atoms with Gasteiger partial charge in [-0.3, -0.25) is 0 Å². The number of urea groups is 1. The van der Waals surface area contributed by atoms with Crippen LogP contribution in [0.15, 0.2) is 18.2 Å². The zero-order valence-corrected chi connectivity index (χ0v) is 11.1. The molecule has 1 aromatic rings. The highest BCUT2D eigenvalue weighted by Gasteiger charge is 2.19. The van der Waals surface area contributed by atoms with Crippen LogP contribution in [0.1, 0.15) is 24.8 Å². The zero-order chi connectivity index (χ0) is 13.0. The number of carbonyl (C=O) groups excluding carboxylic acids is 1. The third kappa shape index (κ3) is 3.07. The molecule has 0 saturated heterocycles. The van der Waals surface area contributed by atoms with E-state index < -0.39 is 0 Å². The van der Waals surface area contributed by atoms with Crippen LogP contribution in [-0.4, -0.2) is 19.2 Å². The second-order valence-electron chi connectivity index (χ2n) is 4.38. The third-order valence-electron chi connectivity index (χ3n) is 3.16. The maximum absolute atomic E-state index is 11.6. The standard InChI is InChI=1S/C13H17ClN2O2/c1-18-12-7-3-6-11(14)10(12)8-15-13(17)16-9-4-2-5-9/h3,6-7,9H,2,4-5,8H2,1H3,(H2,15,16,17). The Bertz CT molecular complexity index is 433. The van der Waals surface area contributed by atoms with Crippen molar-refractivity contribution in [2.24, 2.45) is 0 Å². The predicted octanol–water partition coefficient (Wildman–Crippen LogP) is 2.70. The summed E-state index contributed by atoms with van der Waals surface area (Å²) in [5, 5.41) is 6.30. The Labute approximate surface area is 112 Å². The molecule has 2 amide bonds. The van der Waals surface area contributed by atoms with E-state index in [1.165, 1.54) is 6.42 Å². The van der Waals surface area contributed by atoms with E-state index in [0.29, 0.717) is 23.4 Å². The average molecular weight is 269 g/mol. The molecule has 0 aromatic heterocycles. The fraction of sp³-hybridized carbons (Fsp3) is 0.462. The molecular formula is C13H17ClN2O2. The molecule has 4 nitrogen and oxygen atoms in total. The molecule has 1 aliphatic rings. The second-order valence-corrected chi connectivity index (χ2v) is 4.78. The molecule has 0 bridgehead atoms. The highest BCUT2D eigenvalue weighted by molar-refractivity contribution is 6.31. The lowest BCUT2D eigenvalue weighted by molar-refractivity contribution is 0.228. The minimum Gasteiger partial charge on any atom is -0.496 e. The van der Waals surface area contributed by atoms with Gasteiger partial charge in [0.15, 0.2) is 0 Å². The van der Waals surface area contributed by atoms with Crippen molar-refractivity contribution in [3.8, 4) is 5.75 Å². The number of nitrogens with one attached hydrogen (secondary N) is 2. The minimum atomic E-state index is -0.151. The van der Waals surface area contributed by atoms with Crippen molar-refractivity contribution in [2.75, 3.05) is 7.11 Å². The molecule has 1 aromatic carbocycles. The summed E-state index contributed by atoms with van der Waals surface area (Å²) in [6, 6.07) is 5.61. The van der Waals surface area contributed by atoms with E-state index in [-0.39, 0.29) is 6.03 Å². The Morgan fingerprint density at radius 2 is 2.28 bits per heavy atom. The highest BCUT2D eigenvalue weighted by atomic mass is 35.5. The lowest BCUT2D eigenvalue weighted by Gasteiger charge is -2.26. The lowest BCUT2D eigenvalue weighted by atomic mass is 9.93. The first-order chi connectivity index (χ1) is 8.70. The van der Waals surface area contributed by atoms with Gasteiger partial charge in [-0.25, -0.2) is 4.79 Å². The van der Waals surface area contributed by atoms with E-state index in [1.807, 2.05) is 12.1 Å². The van der Waals surface area contributed by atoms with E-state index in [4.69, 9.17) is 16.3 Å². The SMILES string of the molecule is COc1cccc(Cl)c1CNC(=O)NC1CCC1. The monoisotopic (exact) mass is 268 g/mol. The van der Waals surface area contributed by atoms with Crippen molar-refractivity contribution >= 4 is 17.6 Å². The van der Waals surface area contributed by atoms with Crippen LogP contribution in [0.2, 0.25) is 5.02 Å². The first kappa shape index (κ1) is 13.0. The van der Waals surface area contributed by atoms with Crippen LogP contribution in [0.3, 0.4) is 0 Å². The summed E-state index contributed by atoms with van der Waals surface area (Å²) in [5.74, 6) is 0.687. The largest absolute Gasteiger partial charge is 0.496 e. The summed E-state index contributed by atoms with van der Waals surface area (Å²) >= 11 is 6.08. The summed E-state index contributed by atoms with van der Waals surface area (Å²) in [5.41, 5.74) is 0.797. The van der Waals surface area contributed by atoms with Gasteiger partial charge < -0.3 is 15.4 Å². The van der Waals surface area contributed by atoms with Gasteiger partial charge in [0.25, 0.3) is 0 Å². The van der Waals surface area contributed by atoms with Gasteiger partial charge in [-0.2, -0.15) is 0 Å². The van der Waals surface area contributed by atoms with Crippen LogP contribution >= 0.6 is 11.6 Å². The molecule has 0 radical (unpaired) electrons. The molecule has 1 aliphatic carbocycles. The molecule has 0 atom stereocenters. The van der Waals surface area contributed by atoms with E-state index >= 15 is 0 Å². The summed E-state index contributed by atoms with van der Waals surface area (Å²) < 4.78 is 5.22. The van der Waals surface area contributed by atoms with Crippen molar-refractivity contribution in [3.63, 3.8) is 0 Å².